The topological polar surface area (TPSA) is 64.3 Å². The second-order valence-electron chi connectivity index (χ2n) is 6.27. The normalized spacial score (nSPS) is 13.4. The maximum absolute atomic E-state index is 12.3. The summed E-state index contributed by atoms with van der Waals surface area (Å²) in [5.41, 5.74) is 8.08. The molecule has 0 heterocycles. The standard InChI is InChI=1S/C20H26N2O2/c1-14(2)24-18-11-7-10-17(13-18)15(3)22-20(23)19(21)12-16-8-5-4-6-9-16/h4-11,13-15,19H,12,21H2,1-3H3,(H,22,23). The Morgan fingerprint density at radius 1 is 1.08 bits per heavy atom. The summed E-state index contributed by atoms with van der Waals surface area (Å²) in [5.74, 6) is 0.652. The number of nitrogens with one attached hydrogen (secondary N) is 1. The molecule has 0 saturated carbocycles. The Labute approximate surface area is 144 Å². The molecule has 2 atom stereocenters. The molecule has 0 radical (unpaired) electrons. The highest BCUT2D eigenvalue weighted by atomic mass is 16.5. The Hall–Kier alpha value is -2.33. The number of carbonyl (C=O) groups excluding carboxylic acids is 1. The maximum atomic E-state index is 12.3. The quantitative estimate of drug-likeness (QED) is 0.821. The first-order valence-electron chi connectivity index (χ1n) is 8.32. The summed E-state index contributed by atoms with van der Waals surface area (Å²) in [5, 5.41) is 2.98. The molecule has 128 valence electrons. The van der Waals surface area contributed by atoms with Gasteiger partial charge in [-0.1, -0.05) is 42.5 Å². The predicted octanol–water partition coefficient (Wildman–Crippen LogP) is 3.22. The van der Waals surface area contributed by atoms with Crippen molar-refractivity contribution in [1.82, 2.24) is 5.32 Å². The van der Waals surface area contributed by atoms with Crippen LogP contribution in [0.15, 0.2) is 54.6 Å². The molecule has 2 rings (SSSR count). The molecule has 24 heavy (non-hydrogen) atoms. The van der Waals surface area contributed by atoms with Crippen LogP contribution in [0.5, 0.6) is 5.75 Å². The number of rotatable bonds is 7. The molecule has 2 unspecified atom stereocenters. The summed E-state index contributed by atoms with van der Waals surface area (Å²) in [7, 11) is 0. The molecule has 0 aliphatic heterocycles. The lowest BCUT2D eigenvalue weighted by Gasteiger charge is -2.19. The van der Waals surface area contributed by atoms with E-state index in [1.807, 2.05) is 75.4 Å². The zero-order valence-corrected chi connectivity index (χ0v) is 14.5. The van der Waals surface area contributed by atoms with Gasteiger partial charge >= 0.3 is 0 Å². The van der Waals surface area contributed by atoms with Crippen molar-refractivity contribution in [3.63, 3.8) is 0 Å². The number of hydrogen-bond donors (Lipinski definition) is 2. The van der Waals surface area contributed by atoms with Crippen LogP contribution in [0.1, 0.15) is 37.9 Å². The maximum Gasteiger partial charge on any atom is 0.237 e. The van der Waals surface area contributed by atoms with Crippen LogP contribution in [0, 0.1) is 0 Å². The molecule has 4 nitrogen and oxygen atoms in total. The molecule has 0 bridgehead atoms. The molecule has 0 aliphatic rings. The van der Waals surface area contributed by atoms with Gasteiger partial charge in [-0.3, -0.25) is 4.79 Å². The van der Waals surface area contributed by atoms with E-state index < -0.39 is 6.04 Å². The van der Waals surface area contributed by atoms with Gasteiger partial charge in [0.25, 0.3) is 0 Å². The highest BCUT2D eigenvalue weighted by Gasteiger charge is 2.17. The van der Waals surface area contributed by atoms with Crippen molar-refractivity contribution in [2.45, 2.75) is 45.4 Å². The van der Waals surface area contributed by atoms with E-state index in [1.165, 1.54) is 0 Å². The third-order valence-electron chi connectivity index (χ3n) is 3.72. The molecular weight excluding hydrogens is 300 g/mol. The van der Waals surface area contributed by atoms with E-state index in [9.17, 15) is 4.79 Å². The van der Waals surface area contributed by atoms with Gasteiger partial charge in [-0.25, -0.2) is 0 Å². The summed E-state index contributed by atoms with van der Waals surface area (Å²) in [6, 6.07) is 16.9. The molecular formula is C20H26N2O2. The highest BCUT2D eigenvalue weighted by Crippen LogP contribution is 2.20. The minimum absolute atomic E-state index is 0.115. The lowest BCUT2D eigenvalue weighted by atomic mass is 10.0. The highest BCUT2D eigenvalue weighted by molar-refractivity contribution is 5.82. The van der Waals surface area contributed by atoms with Crippen molar-refractivity contribution in [1.29, 1.82) is 0 Å². The van der Waals surface area contributed by atoms with E-state index in [0.29, 0.717) is 6.42 Å². The third kappa shape index (κ3) is 5.39. The summed E-state index contributed by atoms with van der Waals surface area (Å²) in [4.78, 5) is 12.3. The van der Waals surface area contributed by atoms with Gasteiger partial charge in [-0.05, 0) is 50.5 Å². The van der Waals surface area contributed by atoms with Crippen LogP contribution in [0.3, 0.4) is 0 Å². The number of hydrogen-bond acceptors (Lipinski definition) is 3. The zero-order chi connectivity index (χ0) is 17.5. The van der Waals surface area contributed by atoms with E-state index in [-0.39, 0.29) is 18.1 Å². The summed E-state index contributed by atoms with van der Waals surface area (Å²) in [6.07, 6.45) is 0.639. The van der Waals surface area contributed by atoms with Crippen LogP contribution in [-0.2, 0) is 11.2 Å². The lowest BCUT2D eigenvalue weighted by molar-refractivity contribution is -0.123. The smallest absolute Gasteiger partial charge is 0.237 e. The average molecular weight is 326 g/mol. The fraction of sp³-hybridized carbons (Fsp3) is 0.350. The first-order valence-corrected chi connectivity index (χ1v) is 8.32. The van der Waals surface area contributed by atoms with Gasteiger partial charge in [0, 0.05) is 0 Å². The second-order valence-corrected chi connectivity index (χ2v) is 6.27. The Morgan fingerprint density at radius 3 is 2.46 bits per heavy atom. The average Bonchev–Trinajstić information content (AvgIpc) is 2.55. The third-order valence-corrected chi connectivity index (χ3v) is 3.72. The largest absolute Gasteiger partial charge is 0.491 e. The van der Waals surface area contributed by atoms with Crippen molar-refractivity contribution < 1.29 is 9.53 Å². The van der Waals surface area contributed by atoms with Crippen LogP contribution in [-0.4, -0.2) is 18.1 Å². The van der Waals surface area contributed by atoms with Crippen molar-refractivity contribution in [2.24, 2.45) is 5.73 Å². The number of carbonyl (C=O) groups is 1. The molecule has 4 heteroatoms. The van der Waals surface area contributed by atoms with E-state index >= 15 is 0 Å². The first kappa shape index (κ1) is 18.0. The van der Waals surface area contributed by atoms with Crippen molar-refractivity contribution in [3.8, 4) is 5.75 Å². The van der Waals surface area contributed by atoms with Crippen LogP contribution in [0.4, 0.5) is 0 Å². The summed E-state index contributed by atoms with van der Waals surface area (Å²) in [6.45, 7) is 5.92. The zero-order valence-electron chi connectivity index (χ0n) is 14.5. The van der Waals surface area contributed by atoms with Gasteiger partial charge < -0.3 is 15.8 Å². The first-order chi connectivity index (χ1) is 11.5. The molecule has 2 aromatic carbocycles. The van der Waals surface area contributed by atoms with E-state index in [0.717, 1.165) is 16.9 Å². The van der Waals surface area contributed by atoms with Crippen molar-refractivity contribution in [2.75, 3.05) is 0 Å². The van der Waals surface area contributed by atoms with Crippen molar-refractivity contribution in [3.05, 3.63) is 65.7 Å². The van der Waals surface area contributed by atoms with Crippen LogP contribution >= 0.6 is 0 Å². The molecule has 0 saturated heterocycles. The van der Waals surface area contributed by atoms with Gasteiger partial charge in [0.2, 0.25) is 5.91 Å². The van der Waals surface area contributed by atoms with Gasteiger partial charge in [0.15, 0.2) is 0 Å². The molecule has 0 aromatic heterocycles. The minimum atomic E-state index is -0.565. The summed E-state index contributed by atoms with van der Waals surface area (Å²) < 4.78 is 5.70. The predicted molar refractivity (Wildman–Crippen MR) is 96.9 cm³/mol. The molecule has 0 aliphatic carbocycles. The minimum Gasteiger partial charge on any atom is -0.491 e. The molecule has 3 N–H and O–H groups in total. The van der Waals surface area contributed by atoms with Crippen LogP contribution < -0.4 is 15.8 Å². The van der Waals surface area contributed by atoms with Gasteiger partial charge in [0.1, 0.15) is 5.75 Å². The Morgan fingerprint density at radius 2 is 1.79 bits per heavy atom. The summed E-state index contributed by atoms with van der Waals surface area (Å²) >= 11 is 0. The van der Waals surface area contributed by atoms with Gasteiger partial charge in [-0.15, -0.1) is 0 Å². The van der Waals surface area contributed by atoms with Crippen molar-refractivity contribution >= 4 is 5.91 Å². The Bertz CT molecular complexity index is 656. The molecule has 1 amide bonds. The number of amides is 1. The van der Waals surface area contributed by atoms with E-state index in [1.54, 1.807) is 0 Å². The fourth-order valence-electron chi connectivity index (χ4n) is 2.49. The number of benzene rings is 2. The SMILES string of the molecule is CC(C)Oc1cccc(C(C)NC(=O)C(N)Cc2ccccc2)c1. The van der Waals surface area contributed by atoms with Gasteiger partial charge in [-0.2, -0.15) is 0 Å². The second kappa shape index (κ2) is 8.50. The van der Waals surface area contributed by atoms with E-state index in [4.69, 9.17) is 10.5 Å². The number of ether oxygens (including phenoxy) is 1. The molecule has 0 fully saturated rings. The van der Waals surface area contributed by atoms with Crippen LogP contribution in [0.25, 0.3) is 0 Å². The molecule has 0 spiro atoms. The Balaban J connectivity index is 1.95. The van der Waals surface area contributed by atoms with E-state index in [2.05, 4.69) is 5.32 Å². The fourth-order valence-corrected chi connectivity index (χ4v) is 2.49. The van der Waals surface area contributed by atoms with Crippen LogP contribution in [0.2, 0.25) is 0 Å². The number of nitrogens with two attached hydrogens (primary N) is 1. The molecule has 2 aromatic rings. The lowest BCUT2D eigenvalue weighted by Crippen LogP contribution is -2.42. The Kier molecular flexibility index (Phi) is 6.38. The monoisotopic (exact) mass is 326 g/mol. The van der Waals surface area contributed by atoms with Gasteiger partial charge in [0.05, 0.1) is 18.2 Å².